The third-order valence-corrected chi connectivity index (χ3v) is 6.81. The molecule has 0 saturated carbocycles. The molecule has 0 aromatic carbocycles. The van der Waals surface area contributed by atoms with Gasteiger partial charge in [-0.3, -0.25) is 0 Å². The highest BCUT2D eigenvalue weighted by Gasteiger charge is 2.32. The second-order valence-electron chi connectivity index (χ2n) is 7.27. The molecule has 120 valence electrons. The number of nitrogens with zero attached hydrogens (tertiary/aromatic N) is 1. The molecule has 0 spiro atoms. The van der Waals surface area contributed by atoms with E-state index in [1.165, 1.54) is 10.4 Å². The Labute approximate surface area is 143 Å². The summed E-state index contributed by atoms with van der Waals surface area (Å²) < 4.78 is 5.50. The van der Waals surface area contributed by atoms with E-state index in [0.29, 0.717) is 17.2 Å². The van der Waals surface area contributed by atoms with Gasteiger partial charge in [0.05, 0.1) is 4.88 Å². The molecule has 0 radical (unpaired) electrons. The number of hydrogen-bond acceptors (Lipinski definition) is 5. The number of aryl methyl sites for hydroxylation is 1. The minimum absolute atomic E-state index is 0.231. The first kappa shape index (κ1) is 15.1. The van der Waals surface area contributed by atoms with Gasteiger partial charge < -0.3 is 4.42 Å². The van der Waals surface area contributed by atoms with Crippen molar-refractivity contribution in [2.75, 3.05) is 0 Å². The summed E-state index contributed by atoms with van der Waals surface area (Å²) in [4.78, 5) is 20.2. The lowest BCUT2D eigenvalue weighted by Crippen LogP contribution is -2.26. The summed E-state index contributed by atoms with van der Waals surface area (Å²) in [6, 6.07) is 3.88. The Balaban J connectivity index is 1.84. The number of rotatable bonds is 1. The van der Waals surface area contributed by atoms with Crippen LogP contribution in [-0.4, -0.2) is 4.98 Å². The maximum absolute atomic E-state index is 12.5. The number of aromatic nitrogens is 1. The van der Waals surface area contributed by atoms with Gasteiger partial charge in [-0.2, -0.15) is 0 Å². The summed E-state index contributed by atoms with van der Waals surface area (Å²) >= 11 is 3.22. The third kappa shape index (κ3) is 2.56. The monoisotopic (exact) mass is 345 g/mol. The lowest BCUT2D eigenvalue weighted by atomic mass is 9.72. The zero-order valence-electron chi connectivity index (χ0n) is 13.5. The van der Waals surface area contributed by atoms with E-state index in [0.717, 1.165) is 34.4 Å². The molecule has 0 bridgehead atoms. The van der Waals surface area contributed by atoms with Crippen molar-refractivity contribution >= 4 is 32.9 Å². The summed E-state index contributed by atoms with van der Waals surface area (Å²) in [5.74, 6) is 1.11. The van der Waals surface area contributed by atoms with Crippen LogP contribution in [0.1, 0.15) is 37.6 Å². The molecule has 0 amide bonds. The normalized spacial score (nSPS) is 18.3. The molecule has 0 N–H and O–H groups in total. The van der Waals surface area contributed by atoms with Crippen LogP contribution in [0.5, 0.6) is 0 Å². The van der Waals surface area contributed by atoms with Crippen molar-refractivity contribution in [3.63, 3.8) is 0 Å². The van der Waals surface area contributed by atoms with Gasteiger partial charge in [-0.1, -0.05) is 26.8 Å². The molecule has 23 heavy (non-hydrogen) atoms. The van der Waals surface area contributed by atoms with E-state index in [9.17, 15) is 4.79 Å². The van der Waals surface area contributed by atoms with Crippen molar-refractivity contribution < 1.29 is 4.42 Å². The maximum Gasteiger partial charge on any atom is 0.348 e. The predicted octanol–water partition coefficient (Wildman–Crippen LogP) is 5.13. The molecule has 3 aromatic heterocycles. The van der Waals surface area contributed by atoms with Crippen LogP contribution >= 0.6 is 22.7 Å². The molecule has 3 heterocycles. The van der Waals surface area contributed by atoms with Crippen LogP contribution in [0.15, 0.2) is 26.7 Å². The minimum atomic E-state index is -0.231. The molecule has 1 aliphatic rings. The number of thiophene rings is 2. The summed E-state index contributed by atoms with van der Waals surface area (Å²) in [5, 5.41) is 2.69. The van der Waals surface area contributed by atoms with E-state index in [4.69, 9.17) is 4.42 Å². The first-order valence-corrected chi connectivity index (χ1v) is 9.62. The van der Waals surface area contributed by atoms with E-state index in [1.807, 2.05) is 17.5 Å². The van der Waals surface area contributed by atoms with Crippen LogP contribution in [-0.2, 0) is 12.8 Å². The topological polar surface area (TPSA) is 43.1 Å². The van der Waals surface area contributed by atoms with Crippen molar-refractivity contribution in [2.24, 2.45) is 11.3 Å². The Morgan fingerprint density at radius 3 is 2.87 bits per heavy atom. The van der Waals surface area contributed by atoms with Gasteiger partial charge >= 0.3 is 5.63 Å². The van der Waals surface area contributed by atoms with E-state index in [-0.39, 0.29) is 5.63 Å². The Kier molecular flexibility index (Phi) is 3.46. The second-order valence-corrected chi connectivity index (χ2v) is 9.30. The van der Waals surface area contributed by atoms with Gasteiger partial charge in [0.2, 0.25) is 5.89 Å². The Hall–Kier alpha value is -1.46. The smallest absolute Gasteiger partial charge is 0.348 e. The zero-order valence-corrected chi connectivity index (χ0v) is 15.1. The van der Waals surface area contributed by atoms with Crippen LogP contribution in [0.2, 0.25) is 0 Å². The molecular formula is C18H19NO2S2. The van der Waals surface area contributed by atoms with Crippen LogP contribution in [0, 0.1) is 11.3 Å². The SMILES string of the molecule is CC(C)(C)C1CCc2c(sc3nc(-c4cccs4)oc(=O)c23)C1. The summed E-state index contributed by atoms with van der Waals surface area (Å²) in [6.45, 7) is 6.91. The zero-order chi connectivity index (χ0) is 16.2. The fourth-order valence-corrected chi connectivity index (χ4v) is 5.29. The molecule has 1 atom stereocenters. The molecule has 0 aliphatic heterocycles. The van der Waals surface area contributed by atoms with Gasteiger partial charge in [0.1, 0.15) is 10.2 Å². The summed E-state index contributed by atoms with van der Waals surface area (Å²) in [6.07, 6.45) is 3.14. The average Bonchev–Trinajstić information content (AvgIpc) is 3.12. The summed E-state index contributed by atoms with van der Waals surface area (Å²) in [5.41, 5.74) is 1.25. The van der Waals surface area contributed by atoms with Gasteiger partial charge in [-0.05, 0) is 47.6 Å². The van der Waals surface area contributed by atoms with Gasteiger partial charge in [0.15, 0.2) is 0 Å². The molecule has 5 heteroatoms. The van der Waals surface area contributed by atoms with Crippen LogP contribution < -0.4 is 5.63 Å². The molecule has 3 nitrogen and oxygen atoms in total. The maximum atomic E-state index is 12.5. The van der Waals surface area contributed by atoms with Crippen molar-refractivity contribution in [2.45, 2.75) is 40.0 Å². The van der Waals surface area contributed by atoms with Crippen molar-refractivity contribution in [3.05, 3.63) is 38.4 Å². The first-order chi connectivity index (χ1) is 10.9. The average molecular weight is 345 g/mol. The molecule has 3 aromatic rings. The first-order valence-electron chi connectivity index (χ1n) is 7.93. The number of fused-ring (bicyclic) bond motifs is 3. The fourth-order valence-electron chi connectivity index (χ4n) is 3.36. The van der Waals surface area contributed by atoms with Crippen molar-refractivity contribution in [1.29, 1.82) is 0 Å². The van der Waals surface area contributed by atoms with Crippen LogP contribution in [0.3, 0.4) is 0 Å². The van der Waals surface area contributed by atoms with Crippen molar-refractivity contribution in [3.8, 4) is 10.8 Å². The van der Waals surface area contributed by atoms with Crippen LogP contribution in [0.25, 0.3) is 21.0 Å². The van der Waals surface area contributed by atoms with Crippen molar-refractivity contribution in [1.82, 2.24) is 4.98 Å². The van der Waals surface area contributed by atoms with Crippen LogP contribution in [0.4, 0.5) is 0 Å². The van der Waals surface area contributed by atoms with E-state index < -0.39 is 0 Å². The highest BCUT2D eigenvalue weighted by molar-refractivity contribution is 7.19. The fraction of sp³-hybridized carbons (Fsp3) is 0.444. The predicted molar refractivity (Wildman–Crippen MR) is 96.4 cm³/mol. The molecule has 1 aliphatic carbocycles. The van der Waals surface area contributed by atoms with E-state index in [2.05, 4.69) is 25.8 Å². The Morgan fingerprint density at radius 1 is 1.35 bits per heavy atom. The standard InChI is InChI=1S/C18H19NO2S2/c1-18(2,3)10-6-7-11-13(9-10)23-16-14(11)17(20)21-15(19-16)12-5-4-8-22-12/h4-5,8,10H,6-7,9H2,1-3H3. The van der Waals surface area contributed by atoms with Gasteiger partial charge in [0, 0.05) is 4.88 Å². The molecular weight excluding hydrogens is 326 g/mol. The molecule has 4 rings (SSSR count). The summed E-state index contributed by atoms with van der Waals surface area (Å²) in [7, 11) is 0. The highest BCUT2D eigenvalue weighted by Crippen LogP contribution is 2.42. The molecule has 1 unspecified atom stereocenters. The second kappa shape index (κ2) is 5.28. The molecule has 0 saturated heterocycles. The lowest BCUT2D eigenvalue weighted by Gasteiger charge is -2.33. The number of hydrogen-bond donors (Lipinski definition) is 0. The molecule has 0 fully saturated rings. The van der Waals surface area contributed by atoms with Gasteiger partial charge in [0.25, 0.3) is 0 Å². The van der Waals surface area contributed by atoms with E-state index in [1.54, 1.807) is 22.7 Å². The quantitative estimate of drug-likeness (QED) is 0.614. The van der Waals surface area contributed by atoms with Gasteiger partial charge in [-0.25, -0.2) is 9.78 Å². The Morgan fingerprint density at radius 2 is 2.17 bits per heavy atom. The van der Waals surface area contributed by atoms with Gasteiger partial charge in [-0.15, -0.1) is 22.7 Å². The van der Waals surface area contributed by atoms with E-state index >= 15 is 0 Å². The third-order valence-electron chi connectivity index (χ3n) is 4.80. The Bertz CT molecular complexity index is 913. The highest BCUT2D eigenvalue weighted by atomic mass is 32.1. The largest absolute Gasteiger partial charge is 0.402 e. The minimum Gasteiger partial charge on any atom is -0.402 e. The lowest BCUT2D eigenvalue weighted by molar-refractivity contribution is 0.218.